The minimum Gasteiger partial charge on any atom is -0.595 e. The molecule has 29 heavy (non-hydrogen) atoms. The third-order valence-corrected chi connectivity index (χ3v) is 4.90. The van der Waals surface area contributed by atoms with Crippen LogP contribution in [-0.4, -0.2) is 27.8 Å². The van der Waals surface area contributed by atoms with E-state index in [9.17, 15) is 25.6 Å². The van der Waals surface area contributed by atoms with E-state index in [1.54, 1.807) is 0 Å². The quantitative estimate of drug-likeness (QED) is 0.485. The highest BCUT2D eigenvalue weighted by molar-refractivity contribution is 5.95. The van der Waals surface area contributed by atoms with E-state index in [1.807, 2.05) is 36.4 Å². The van der Waals surface area contributed by atoms with Gasteiger partial charge < -0.3 is 19.7 Å². The van der Waals surface area contributed by atoms with Crippen molar-refractivity contribution in [2.24, 2.45) is 0 Å². The number of furan rings is 1. The van der Waals surface area contributed by atoms with Crippen molar-refractivity contribution in [3.8, 4) is 11.3 Å². The number of amides is 1. The van der Waals surface area contributed by atoms with Crippen LogP contribution in [0.5, 0.6) is 0 Å². The van der Waals surface area contributed by atoms with Gasteiger partial charge >= 0.3 is 0 Å². The third kappa shape index (κ3) is 3.91. The van der Waals surface area contributed by atoms with E-state index in [4.69, 9.17) is 4.42 Å². The summed E-state index contributed by atoms with van der Waals surface area (Å²) in [6.07, 6.45) is 0.599. The molecule has 9 heteroatoms. The summed E-state index contributed by atoms with van der Waals surface area (Å²) in [6.45, 7) is 0.667. The summed E-state index contributed by atoms with van der Waals surface area (Å²) in [6, 6.07) is 15.0. The molecule has 1 aromatic heterocycles. The highest BCUT2D eigenvalue weighted by Crippen LogP contribution is 2.30. The average Bonchev–Trinajstić information content (AvgIpc) is 3.16. The fourth-order valence-electron chi connectivity index (χ4n) is 3.42. The molecule has 1 aliphatic heterocycles. The summed E-state index contributed by atoms with van der Waals surface area (Å²) in [7, 11) is 0. The lowest BCUT2D eigenvalue weighted by molar-refractivity contribution is -0.996. The normalized spacial score (nSPS) is 15.7. The van der Waals surface area contributed by atoms with Crippen molar-refractivity contribution in [2.45, 2.75) is 13.0 Å². The molecule has 0 saturated heterocycles. The van der Waals surface area contributed by atoms with Gasteiger partial charge in [0.25, 0.3) is 5.91 Å². The molecule has 2 atom stereocenters. The van der Waals surface area contributed by atoms with E-state index >= 15 is 0 Å². The van der Waals surface area contributed by atoms with Crippen LogP contribution in [-0.2, 0) is 13.0 Å². The standard InChI is InChI=1S/C20H19N3O6/c24-20(15-8-16(22(25)26)11-17(9-15)23(27)28)21-7-6-14-10-18(29-19(14)12-21)13-4-2-1-3-5-13/h1-5,8-11,22-23,25,27H,6-7,12H2. The van der Waals surface area contributed by atoms with Crippen LogP contribution in [0.3, 0.4) is 0 Å². The Morgan fingerprint density at radius 2 is 1.66 bits per heavy atom. The highest BCUT2D eigenvalue weighted by atomic mass is 16.8. The van der Waals surface area contributed by atoms with Gasteiger partial charge in [-0.25, -0.2) is 10.4 Å². The van der Waals surface area contributed by atoms with Gasteiger partial charge in [0.15, 0.2) is 11.4 Å². The predicted octanol–water partition coefficient (Wildman–Crippen LogP) is 0.952. The van der Waals surface area contributed by atoms with Crippen LogP contribution in [0.2, 0.25) is 0 Å². The molecule has 0 radical (unpaired) electrons. The van der Waals surface area contributed by atoms with E-state index in [2.05, 4.69) is 0 Å². The first-order chi connectivity index (χ1) is 13.9. The fraction of sp³-hybridized carbons (Fsp3) is 0.150. The number of quaternary nitrogens is 2. The molecule has 0 spiro atoms. The first-order valence-electron chi connectivity index (χ1n) is 9.00. The molecule has 2 aromatic carbocycles. The van der Waals surface area contributed by atoms with Crippen molar-refractivity contribution >= 4 is 17.3 Å². The number of hydrogen-bond acceptors (Lipinski definition) is 6. The van der Waals surface area contributed by atoms with Gasteiger partial charge in [-0.1, -0.05) is 30.3 Å². The van der Waals surface area contributed by atoms with Crippen LogP contribution in [0.15, 0.2) is 59.0 Å². The molecule has 2 unspecified atom stereocenters. The van der Waals surface area contributed by atoms with Crippen LogP contribution in [0.1, 0.15) is 21.7 Å². The molecule has 4 rings (SSSR count). The summed E-state index contributed by atoms with van der Waals surface area (Å²) in [5.74, 6) is 0.973. The molecule has 150 valence electrons. The summed E-state index contributed by atoms with van der Waals surface area (Å²) >= 11 is 0. The first-order valence-corrected chi connectivity index (χ1v) is 9.00. The summed E-state index contributed by atoms with van der Waals surface area (Å²) in [4.78, 5) is 14.5. The number of carbonyl (C=O) groups is 1. The van der Waals surface area contributed by atoms with Crippen molar-refractivity contribution in [2.75, 3.05) is 6.54 Å². The Kier molecular flexibility index (Phi) is 5.16. The van der Waals surface area contributed by atoms with Gasteiger partial charge in [0.05, 0.1) is 18.2 Å². The molecule has 4 N–H and O–H groups in total. The van der Waals surface area contributed by atoms with Gasteiger partial charge in [0.2, 0.25) is 0 Å². The van der Waals surface area contributed by atoms with Crippen molar-refractivity contribution in [1.82, 2.24) is 4.90 Å². The average molecular weight is 397 g/mol. The van der Waals surface area contributed by atoms with Gasteiger partial charge in [0, 0.05) is 24.2 Å². The van der Waals surface area contributed by atoms with Crippen molar-refractivity contribution in [1.29, 1.82) is 0 Å². The molecule has 9 nitrogen and oxygen atoms in total. The van der Waals surface area contributed by atoms with Crippen molar-refractivity contribution < 1.29 is 30.1 Å². The van der Waals surface area contributed by atoms with Gasteiger partial charge in [-0.05, 0) is 18.1 Å². The maximum absolute atomic E-state index is 12.9. The lowest BCUT2D eigenvalue weighted by atomic mass is 10.0. The Labute approximate surface area is 165 Å². The second-order valence-electron chi connectivity index (χ2n) is 6.81. The summed E-state index contributed by atoms with van der Waals surface area (Å²) in [5, 5.41) is 38.4. The molecule has 2 heterocycles. The van der Waals surface area contributed by atoms with E-state index in [0.29, 0.717) is 18.7 Å². The zero-order valence-electron chi connectivity index (χ0n) is 15.3. The lowest BCUT2D eigenvalue weighted by Gasteiger charge is -2.26. The second kappa shape index (κ2) is 7.76. The SMILES string of the molecule is O=C(c1cc([NH+]([O-])O)cc([NH+]([O-])O)c1)N1CCc2cc(-c3ccccc3)oc2C1. The maximum atomic E-state index is 12.9. The highest BCUT2D eigenvalue weighted by Gasteiger charge is 2.27. The molecule has 0 fully saturated rings. The minimum atomic E-state index is -1.29. The van der Waals surface area contributed by atoms with E-state index in [-0.39, 0.29) is 23.5 Å². The molecule has 0 aliphatic carbocycles. The van der Waals surface area contributed by atoms with Crippen LogP contribution in [0.4, 0.5) is 11.4 Å². The smallest absolute Gasteiger partial charge is 0.254 e. The van der Waals surface area contributed by atoms with Gasteiger partial charge in [-0.3, -0.25) is 4.79 Å². The number of hydrogen-bond donors (Lipinski definition) is 4. The second-order valence-corrected chi connectivity index (χ2v) is 6.81. The number of nitrogens with zero attached hydrogens (tertiary/aromatic N) is 1. The molecular formula is C20H19N3O6. The Hall–Kier alpha value is -3.05. The van der Waals surface area contributed by atoms with E-state index < -0.39 is 16.4 Å². The van der Waals surface area contributed by atoms with Crippen molar-refractivity contribution in [3.63, 3.8) is 0 Å². The zero-order valence-corrected chi connectivity index (χ0v) is 15.3. The van der Waals surface area contributed by atoms with E-state index in [1.165, 1.54) is 17.0 Å². The predicted molar refractivity (Wildman–Crippen MR) is 101 cm³/mol. The molecule has 1 amide bonds. The lowest BCUT2D eigenvalue weighted by Crippen LogP contribution is -3.00. The molecule has 0 saturated carbocycles. The summed E-state index contributed by atoms with van der Waals surface area (Å²) < 4.78 is 5.95. The number of rotatable bonds is 4. The van der Waals surface area contributed by atoms with Crippen molar-refractivity contribution in [3.05, 3.63) is 81.9 Å². The van der Waals surface area contributed by atoms with Crippen LogP contribution in [0, 0.1) is 10.4 Å². The monoisotopic (exact) mass is 397 g/mol. The van der Waals surface area contributed by atoms with E-state index in [0.717, 1.165) is 23.0 Å². The topological polar surface area (TPSA) is 129 Å². The molecule has 1 aliphatic rings. The molecular weight excluding hydrogens is 378 g/mol. The van der Waals surface area contributed by atoms with Crippen LogP contribution < -0.4 is 10.5 Å². The van der Waals surface area contributed by atoms with Crippen LogP contribution in [0.25, 0.3) is 11.3 Å². The van der Waals surface area contributed by atoms with Gasteiger partial charge in [0.1, 0.15) is 11.5 Å². The Morgan fingerprint density at radius 3 is 2.28 bits per heavy atom. The Bertz CT molecular complexity index is 1010. The summed E-state index contributed by atoms with van der Waals surface area (Å²) in [5.41, 5.74) is 1.52. The maximum Gasteiger partial charge on any atom is 0.254 e. The van der Waals surface area contributed by atoms with Gasteiger partial charge in [-0.15, -0.1) is 0 Å². The fourth-order valence-corrected chi connectivity index (χ4v) is 3.42. The molecule has 3 aromatic rings. The molecule has 0 bridgehead atoms. The Morgan fingerprint density at radius 1 is 1.00 bits per heavy atom. The Balaban J connectivity index is 1.60. The van der Waals surface area contributed by atoms with Crippen LogP contribution >= 0.6 is 0 Å². The number of carbonyl (C=O) groups excluding carboxylic acids is 1. The number of fused-ring (bicyclic) bond motifs is 1. The largest absolute Gasteiger partial charge is 0.595 e. The van der Waals surface area contributed by atoms with Gasteiger partial charge in [-0.2, -0.15) is 10.5 Å². The minimum absolute atomic E-state index is 0.0283. The third-order valence-electron chi connectivity index (χ3n) is 4.90. The first kappa shape index (κ1) is 19.3. The zero-order chi connectivity index (χ0) is 20.5. The number of nitrogens with one attached hydrogen (secondary N) is 2. The number of benzene rings is 2.